The van der Waals surface area contributed by atoms with Gasteiger partial charge in [0.2, 0.25) is 5.28 Å². The summed E-state index contributed by atoms with van der Waals surface area (Å²) in [6.45, 7) is 1.97. The number of nitrogens with zero attached hydrogens (tertiary/aromatic N) is 4. The van der Waals surface area contributed by atoms with Crippen molar-refractivity contribution in [2.45, 2.75) is 19.8 Å². The number of aromatic nitrogens is 3. The Morgan fingerprint density at radius 1 is 1.36 bits per heavy atom. The molecule has 2 heterocycles. The third-order valence-corrected chi connectivity index (χ3v) is 1.88. The first-order chi connectivity index (χ1) is 5.27. The lowest BCUT2D eigenvalue weighted by molar-refractivity contribution is 0.729. The predicted molar refractivity (Wildman–Crippen MR) is 41.9 cm³/mol. The molecule has 0 N–H and O–H groups in total. The average Bonchev–Trinajstić information content (AvgIpc) is 2.33. The first-order valence-electron chi connectivity index (χ1n) is 3.41. The van der Waals surface area contributed by atoms with Crippen LogP contribution in [0.2, 0.25) is 5.28 Å². The highest BCUT2D eigenvalue weighted by Gasteiger charge is 2.13. The molecule has 11 heavy (non-hydrogen) atoms. The predicted octanol–water partition coefficient (Wildman–Crippen LogP) is 1.10. The molecule has 0 fully saturated rings. The second kappa shape index (κ2) is 2.30. The van der Waals surface area contributed by atoms with Gasteiger partial charge in [-0.25, -0.2) is 0 Å². The van der Waals surface area contributed by atoms with Gasteiger partial charge in [-0.15, -0.1) is 10.2 Å². The van der Waals surface area contributed by atoms with Gasteiger partial charge in [0.05, 0.1) is 0 Å². The zero-order chi connectivity index (χ0) is 7.84. The van der Waals surface area contributed by atoms with Gasteiger partial charge in [-0.3, -0.25) is 0 Å². The van der Waals surface area contributed by atoms with E-state index in [-0.39, 0.29) is 0 Å². The zero-order valence-corrected chi connectivity index (χ0v) is 6.84. The van der Waals surface area contributed by atoms with Gasteiger partial charge in [0.1, 0.15) is 0 Å². The van der Waals surface area contributed by atoms with E-state index < -0.39 is 0 Å². The van der Waals surface area contributed by atoms with Crippen LogP contribution >= 0.6 is 11.6 Å². The van der Waals surface area contributed by atoms with Crippen molar-refractivity contribution in [3.63, 3.8) is 0 Å². The molecule has 0 unspecified atom stereocenters. The van der Waals surface area contributed by atoms with Gasteiger partial charge in [-0.1, -0.05) is 0 Å². The Morgan fingerprint density at radius 2 is 2.18 bits per heavy atom. The monoisotopic (exact) mass is 170 g/mol. The molecule has 2 rings (SSSR count). The molecule has 0 saturated heterocycles. The smallest absolute Gasteiger partial charge is 0.187 e. The molecule has 4 nitrogen and oxygen atoms in total. The molecular weight excluding hydrogens is 164 g/mol. The summed E-state index contributed by atoms with van der Waals surface area (Å²) in [6, 6.07) is 0. The summed E-state index contributed by atoms with van der Waals surface area (Å²) in [5.41, 5.74) is 1.07. The summed E-state index contributed by atoms with van der Waals surface area (Å²) in [6.07, 6.45) is 1.84. The largest absolute Gasteiger partial charge is 0.245 e. The minimum absolute atomic E-state index is 0.346. The molecule has 1 aromatic heterocycles. The van der Waals surface area contributed by atoms with Gasteiger partial charge in [-0.2, -0.15) is 9.78 Å². The number of hydrogen-bond donors (Lipinski definition) is 0. The minimum Gasteiger partial charge on any atom is -0.187 e. The summed E-state index contributed by atoms with van der Waals surface area (Å²) in [7, 11) is 0. The summed E-state index contributed by atoms with van der Waals surface area (Å²) in [5, 5.41) is 12.1. The molecule has 0 spiro atoms. The van der Waals surface area contributed by atoms with Crippen LogP contribution in [0, 0.1) is 0 Å². The quantitative estimate of drug-likeness (QED) is 0.585. The third-order valence-electron chi connectivity index (χ3n) is 1.65. The van der Waals surface area contributed by atoms with Gasteiger partial charge >= 0.3 is 0 Å². The van der Waals surface area contributed by atoms with Crippen LogP contribution < -0.4 is 0 Å². The van der Waals surface area contributed by atoms with Crippen LogP contribution in [0.5, 0.6) is 0 Å². The second-order valence-electron chi connectivity index (χ2n) is 2.53. The highest BCUT2D eigenvalue weighted by molar-refractivity contribution is 6.28. The van der Waals surface area contributed by atoms with Crippen molar-refractivity contribution >= 4 is 17.3 Å². The molecule has 0 saturated carbocycles. The Hall–Kier alpha value is -0.900. The van der Waals surface area contributed by atoms with E-state index in [1.54, 1.807) is 4.68 Å². The van der Waals surface area contributed by atoms with Crippen LogP contribution in [0.4, 0.5) is 0 Å². The molecule has 0 radical (unpaired) electrons. The number of hydrogen-bond acceptors (Lipinski definition) is 3. The standard InChI is InChI=1S/C6H7ClN4/c1-4-2-3-5-8-9-6(7)11(5)10-4/h2-3H2,1H3. The molecule has 0 atom stereocenters. The number of fused-ring (bicyclic) bond motifs is 1. The van der Waals surface area contributed by atoms with Gasteiger partial charge < -0.3 is 0 Å². The Bertz CT molecular complexity index is 314. The molecule has 1 aromatic rings. The van der Waals surface area contributed by atoms with E-state index in [1.165, 1.54) is 0 Å². The summed E-state index contributed by atoms with van der Waals surface area (Å²) < 4.78 is 1.58. The Kier molecular flexibility index (Phi) is 1.42. The fourth-order valence-electron chi connectivity index (χ4n) is 1.06. The van der Waals surface area contributed by atoms with Crippen LogP contribution in [0.15, 0.2) is 5.10 Å². The Labute approximate surface area is 68.9 Å². The van der Waals surface area contributed by atoms with E-state index in [4.69, 9.17) is 11.6 Å². The van der Waals surface area contributed by atoms with Crippen molar-refractivity contribution in [3.05, 3.63) is 11.1 Å². The lowest BCUT2D eigenvalue weighted by atomic mass is 10.2. The van der Waals surface area contributed by atoms with Crippen molar-refractivity contribution in [2.75, 3.05) is 0 Å². The van der Waals surface area contributed by atoms with Crippen LogP contribution in [0.3, 0.4) is 0 Å². The molecule has 0 amide bonds. The lowest BCUT2D eigenvalue weighted by Crippen LogP contribution is -2.10. The topological polar surface area (TPSA) is 43.1 Å². The SMILES string of the molecule is CC1=Nn2c(Cl)nnc2CC1. The molecule has 58 valence electrons. The molecule has 1 aliphatic heterocycles. The van der Waals surface area contributed by atoms with Crippen LogP contribution in [-0.4, -0.2) is 20.6 Å². The first kappa shape index (κ1) is 6.79. The first-order valence-corrected chi connectivity index (χ1v) is 3.79. The maximum absolute atomic E-state index is 5.71. The summed E-state index contributed by atoms with van der Waals surface area (Å²) >= 11 is 5.71. The van der Waals surface area contributed by atoms with Crippen molar-refractivity contribution < 1.29 is 0 Å². The summed E-state index contributed by atoms with van der Waals surface area (Å²) in [4.78, 5) is 0. The number of aryl methyl sites for hydroxylation is 1. The molecule has 0 aromatic carbocycles. The maximum Gasteiger partial charge on any atom is 0.245 e. The molecule has 0 aliphatic carbocycles. The fraction of sp³-hybridized carbons (Fsp3) is 0.500. The van der Waals surface area contributed by atoms with E-state index in [0.29, 0.717) is 5.28 Å². The Morgan fingerprint density at radius 3 is 3.00 bits per heavy atom. The van der Waals surface area contributed by atoms with Gasteiger partial charge in [0.25, 0.3) is 0 Å². The highest BCUT2D eigenvalue weighted by atomic mass is 35.5. The van der Waals surface area contributed by atoms with E-state index >= 15 is 0 Å². The van der Waals surface area contributed by atoms with Crippen molar-refractivity contribution in [2.24, 2.45) is 5.10 Å². The van der Waals surface area contributed by atoms with E-state index in [2.05, 4.69) is 15.3 Å². The molecule has 5 heteroatoms. The van der Waals surface area contributed by atoms with Crippen LogP contribution in [0.25, 0.3) is 0 Å². The van der Waals surface area contributed by atoms with Gasteiger partial charge in [-0.05, 0) is 24.9 Å². The second-order valence-corrected chi connectivity index (χ2v) is 2.87. The molecule has 1 aliphatic rings. The third kappa shape index (κ3) is 1.03. The average molecular weight is 171 g/mol. The van der Waals surface area contributed by atoms with Gasteiger partial charge in [0.15, 0.2) is 5.82 Å². The number of halogens is 1. The Balaban J connectivity index is 2.55. The van der Waals surface area contributed by atoms with Crippen molar-refractivity contribution in [1.82, 2.24) is 14.9 Å². The van der Waals surface area contributed by atoms with Crippen LogP contribution in [-0.2, 0) is 6.42 Å². The maximum atomic E-state index is 5.71. The van der Waals surface area contributed by atoms with E-state index in [9.17, 15) is 0 Å². The number of rotatable bonds is 0. The van der Waals surface area contributed by atoms with E-state index in [0.717, 1.165) is 24.4 Å². The lowest BCUT2D eigenvalue weighted by Gasteiger charge is -2.08. The summed E-state index contributed by atoms with van der Waals surface area (Å²) in [5.74, 6) is 0.848. The van der Waals surface area contributed by atoms with Gasteiger partial charge in [0, 0.05) is 12.1 Å². The molecule has 0 bridgehead atoms. The van der Waals surface area contributed by atoms with Crippen molar-refractivity contribution in [1.29, 1.82) is 0 Å². The fourth-order valence-corrected chi connectivity index (χ4v) is 1.23. The normalized spacial score (nSPS) is 16.0. The van der Waals surface area contributed by atoms with E-state index in [1.807, 2.05) is 6.92 Å². The molecular formula is C6H7ClN4. The zero-order valence-electron chi connectivity index (χ0n) is 6.08. The van der Waals surface area contributed by atoms with Crippen LogP contribution in [0.1, 0.15) is 19.2 Å². The minimum atomic E-state index is 0.346. The highest BCUT2D eigenvalue weighted by Crippen LogP contribution is 2.14. The van der Waals surface area contributed by atoms with Crippen molar-refractivity contribution in [3.8, 4) is 0 Å².